The van der Waals surface area contributed by atoms with Crippen LogP contribution in [0.5, 0.6) is 0 Å². The number of carbonyl (C=O) groups excluding carboxylic acids is 1. The molecule has 0 aliphatic carbocycles. The average Bonchev–Trinajstić information content (AvgIpc) is 2.73. The van der Waals surface area contributed by atoms with Gasteiger partial charge in [0.15, 0.2) is 5.76 Å². The quantitative estimate of drug-likeness (QED) is 0.911. The van der Waals surface area contributed by atoms with Gasteiger partial charge in [-0.1, -0.05) is 11.6 Å². The van der Waals surface area contributed by atoms with Gasteiger partial charge in [0, 0.05) is 28.6 Å². The van der Waals surface area contributed by atoms with E-state index < -0.39 is 0 Å². The molecule has 0 spiro atoms. The maximum atomic E-state index is 12.1. The lowest BCUT2D eigenvalue weighted by molar-refractivity contribution is 0.0924. The molecule has 0 bridgehead atoms. The van der Waals surface area contributed by atoms with E-state index in [4.69, 9.17) is 16.0 Å². The highest BCUT2D eigenvalue weighted by Gasteiger charge is 2.17. The molecule has 1 amide bonds. The van der Waals surface area contributed by atoms with Gasteiger partial charge in [-0.2, -0.15) is 0 Å². The summed E-state index contributed by atoms with van der Waals surface area (Å²) in [6.07, 6.45) is 0. The molecule has 0 fully saturated rings. The van der Waals surface area contributed by atoms with E-state index in [0.29, 0.717) is 22.9 Å². The van der Waals surface area contributed by atoms with Crippen molar-refractivity contribution in [3.63, 3.8) is 0 Å². The van der Waals surface area contributed by atoms with Crippen LogP contribution in [0.15, 0.2) is 22.6 Å². The summed E-state index contributed by atoms with van der Waals surface area (Å²) in [5, 5.41) is 7.40. The minimum absolute atomic E-state index is 0. The van der Waals surface area contributed by atoms with Gasteiger partial charge in [0.05, 0.1) is 0 Å². The van der Waals surface area contributed by atoms with Gasteiger partial charge in [0.25, 0.3) is 5.91 Å². The Morgan fingerprint density at radius 3 is 2.80 bits per heavy atom. The van der Waals surface area contributed by atoms with E-state index in [9.17, 15) is 4.79 Å². The fourth-order valence-corrected chi connectivity index (χ4v) is 2.01. The highest BCUT2D eigenvalue weighted by Crippen LogP contribution is 2.27. The first-order valence-electron chi connectivity index (χ1n) is 6.17. The number of amides is 1. The predicted molar refractivity (Wildman–Crippen MR) is 84.1 cm³/mol. The maximum Gasteiger partial charge on any atom is 0.287 e. The summed E-state index contributed by atoms with van der Waals surface area (Å²) in [6.45, 7) is 4.40. The van der Waals surface area contributed by atoms with Gasteiger partial charge in [-0.15, -0.1) is 12.4 Å². The molecular formula is C14H18Cl2N2O2. The summed E-state index contributed by atoms with van der Waals surface area (Å²) in [4.78, 5) is 12.1. The SMILES string of the molecule is CNC(C)CNC(=O)c1oc2ccc(Cl)cc2c1C.Cl. The number of likely N-dealkylation sites (N-methyl/N-ethyl adjacent to an activating group) is 1. The van der Waals surface area contributed by atoms with Crippen LogP contribution in [-0.4, -0.2) is 25.5 Å². The number of hydrogen-bond donors (Lipinski definition) is 2. The van der Waals surface area contributed by atoms with Gasteiger partial charge in [0.1, 0.15) is 5.58 Å². The van der Waals surface area contributed by atoms with Gasteiger partial charge in [0.2, 0.25) is 0 Å². The zero-order valence-corrected chi connectivity index (χ0v) is 13.2. The Morgan fingerprint density at radius 2 is 2.15 bits per heavy atom. The van der Waals surface area contributed by atoms with Crippen LogP contribution in [0.2, 0.25) is 5.02 Å². The van der Waals surface area contributed by atoms with Crippen molar-refractivity contribution in [3.05, 3.63) is 34.5 Å². The molecule has 6 heteroatoms. The van der Waals surface area contributed by atoms with E-state index in [1.165, 1.54) is 0 Å². The molecule has 1 aromatic heterocycles. The van der Waals surface area contributed by atoms with Crippen LogP contribution in [0.1, 0.15) is 23.0 Å². The molecule has 1 unspecified atom stereocenters. The van der Waals surface area contributed by atoms with E-state index in [1.54, 1.807) is 12.1 Å². The van der Waals surface area contributed by atoms with Gasteiger partial charge in [-0.3, -0.25) is 4.79 Å². The van der Waals surface area contributed by atoms with Gasteiger partial charge in [-0.25, -0.2) is 0 Å². The summed E-state index contributed by atoms with van der Waals surface area (Å²) in [7, 11) is 1.85. The van der Waals surface area contributed by atoms with Crippen LogP contribution in [0.3, 0.4) is 0 Å². The molecule has 2 rings (SSSR count). The number of fused-ring (bicyclic) bond motifs is 1. The molecule has 0 aliphatic rings. The number of furan rings is 1. The van der Waals surface area contributed by atoms with Gasteiger partial charge in [-0.05, 0) is 39.1 Å². The summed E-state index contributed by atoms with van der Waals surface area (Å²) in [5.41, 5.74) is 1.49. The number of halogens is 2. The van der Waals surface area contributed by atoms with Gasteiger partial charge < -0.3 is 15.1 Å². The topological polar surface area (TPSA) is 54.3 Å². The van der Waals surface area contributed by atoms with Crippen LogP contribution >= 0.6 is 24.0 Å². The zero-order chi connectivity index (χ0) is 14.0. The fraction of sp³-hybridized carbons (Fsp3) is 0.357. The van der Waals surface area contributed by atoms with Gasteiger partial charge >= 0.3 is 0 Å². The summed E-state index contributed by atoms with van der Waals surface area (Å²) in [5.74, 6) is 0.146. The van der Waals surface area contributed by atoms with Crippen LogP contribution in [0.25, 0.3) is 11.0 Å². The molecule has 0 radical (unpaired) electrons. The normalized spacial score (nSPS) is 12.0. The molecule has 2 N–H and O–H groups in total. The minimum Gasteiger partial charge on any atom is -0.451 e. The smallest absolute Gasteiger partial charge is 0.287 e. The van der Waals surface area contributed by atoms with Crippen molar-refractivity contribution >= 4 is 40.9 Å². The van der Waals surface area contributed by atoms with Crippen molar-refractivity contribution in [1.29, 1.82) is 0 Å². The van der Waals surface area contributed by atoms with Crippen molar-refractivity contribution in [2.75, 3.05) is 13.6 Å². The standard InChI is InChI=1S/C14H17ClN2O2.ClH/c1-8(16-3)7-17-14(18)13-9(2)11-6-10(15)4-5-12(11)19-13;/h4-6,8,16H,7H2,1-3H3,(H,17,18);1H. The number of aryl methyl sites for hydroxylation is 1. The Bertz CT molecular complexity index is 610. The second-order valence-electron chi connectivity index (χ2n) is 4.60. The number of rotatable bonds is 4. The molecule has 1 heterocycles. The monoisotopic (exact) mass is 316 g/mol. The Morgan fingerprint density at radius 1 is 1.45 bits per heavy atom. The lowest BCUT2D eigenvalue weighted by Crippen LogP contribution is -2.37. The molecule has 0 saturated carbocycles. The van der Waals surface area contributed by atoms with E-state index in [2.05, 4.69) is 10.6 Å². The third kappa shape index (κ3) is 3.45. The minimum atomic E-state index is -0.202. The Kier molecular flexibility index (Phi) is 5.87. The largest absolute Gasteiger partial charge is 0.451 e. The zero-order valence-electron chi connectivity index (χ0n) is 11.6. The van der Waals surface area contributed by atoms with Crippen molar-refractivity contribution < 1.29 is 9.21 Å². The lowest BCUT2D eigenvalue weighted by atomic mass is 10.1. The first-order chi connectivity index (χ1) is 9.02. The molecule has 1 atom stereocenters. The molecule has 2 aromatic rings. The summed E-state index contributed by atoms with van der Waals surface area (Å²) in [6, 6.07) is 5.54. The Balaban J connectivity index is 0.00000200. The molecule has 4 nitrogen and oxygen atoms in total. The number of benzene rings is 1. The third-order valence-corrected chi connectivity index (χ3v) is 3.40. The highest BCUT2D eigenvalue weighted by atomic mass is 35.5. The van der Waals surface area contributed by atoms with E-state index in [0.717, 1.165) is 10.9 Å². The van der Waals surface area contributed by atoms with Crippen molar-refractivity contribution in [2.45, 2.75) is 19.9 Å². The molecule has 110 valence electrons. The Hall–Kier alpha value is -1.23. The van der Waals surface area contributed by atoms with Crippen molar-refractivity contribution in [3.8, 4) is 0 Å². The summed E-state index contributed by atoms with van der Waals surface area (Å²) >= 11 is 5.95. The van der Waals surface area contributed by atoms with E-state index in [1.807, 2.05) is 27.0 Å². The lowest BCUT2D eigenvalue weighted by Gasteiger charge is -2.10. The molecular weight excluding hydrogens is 299 g/mol. The van der Waals surface area contributed by atoms with E-state index >= 15 is 0 Å². The summed E-state index contributed by atoms with van der Waals surface area (Å²) < 4.78 is 5.59. The number of hydrogen-bond acceptors (Lipinski definition) is 3. The van der Waals surface area contributed by atoms with Crippen LogP contribution in [-0.2, 0) is 0 Å². The Labute approximate surface area is 129 Å². The average molecular weight is 317 g/mol. The molecule has 0 saturated heterocycles. The van der Waals surface area contributed by atoms with Crippen molar-refractivity contribution in [1.82, 2.24) is 10.6 Å². The first kappa shape index (κ1) is 16.8. The predicted octanol–water partition coefficient (Wildman–Crippen LogP) is 3.15. The first-order valence-corrected chi connectivity index (χ1v) is 6.55. The van der Waals surface area contributed by atoms with Crippen LogP contribution < -0.4 is 10.6 Å². The second kappa shape index (κ2) is 6.97. The maximum absolute atomic E-state index is 12.1. The van der Waals surface area contributed by atoms with Crippen LogP contribution in [0.4, 0.5) is 0 Å². The van der Waals surface area contributed by atoms with Crippen molar-refractivity contribution in [2.24, 2.45) is 0 Å². The third-order valence-electron chi connectivity index (χ3n) is 3.17. The fourth-order valence-electron chi connectivity index (χ4n) is 1.84. The number of carbonyl (C=O) groups is 1. The van der Waals surface area contributed by atoms with E-state index in [-0.39, 0.29) is 24.4 Å². The number of nitrogens with one attached hydrogen (secondary N) is 2. The highest BCUT2D eigenvalue weighted by molar-refractivity contribution is 6.31. The molecule has 20 heavy (non-hydrogen) atoms. The second-order valence-corrected chi connectivity index (χ2v) is 5.03. The van der Waals surface area contributed by atoms with Crippen LogP contribution in [0, 0.1) is 6.92 Å². The molecule has 1 aromatic carbocycles. The molecule has 0 aliphatic heterocycles.